The minimum Gasteiger partial charge on any atom is -0.462 e. The van der Waals surface area contributed by atoms with Crippen molar-refractivity contribution in [3.05, 3.63) is 12.7 Å². The summed E-state index contributed by atoms with van der Waals surface area (Å²) in [6.07, 6.45) is 0.365. The first-order chi connectivity index (χ1) is 10.1. The molecule has 3 atom stereocenters. The number of hydrogen-bond donors (Lipinski definition) is 0. The van der Waals surface area contributed by atoms with E-state index in [4.69, 9.17) is 23.7 Å². The zero-order valence-electron chi connectivity index (χ0n) is 14.4. The predicted octanol–water partition coefficient (Wildman–Crippen LogP) is 2.27. The molecule has 1 rings (SSSR count). The van der Waals surface area contributed by atoms with Crippen LogP contribution >= 0.6 is 0 Å². The van der Waals surface area contributed by atoms with E-state index in [1.807, 2.05) is 13.8 Å². The Morgan fingerprint density at radius 3 is 2.50 bits per heavy atom. The van der Waals surface area contributed by atoms with Crippen molar-refractivity contribution in [3.8, 4) is 0 Å². The van der Waals surface area contributed by atoms with Crippen molar-refractivity contribution in [1.29, 1.82) is 0 Å². The van der Waals surface area contributed by atoms with Gasteiger partial charge in [0.25, 0.3) is 0 Å². The van der Waals surface area contributed by atoms with E-state index in [0.717, 1.165) is 0 Å². The fraction of sp³-hybridized carbons (Fsp3) is 0.812. The number of carbonyl (C=O) groups is 1. The topological polar surface area (TPSA) is 63.2 Å². The Morgan fingerprint density at radius 2 is 2.00 bits per heavy atom. The molecule has 0 aromatic rings. The van der Waals surface area contributed by atoms with Crippen molar-refractivity contribution in [2.75, 3.05) is 20.5 Å². The Balaban J connectivity index is 2.72. The van der Waals surface area contributed by atoms with E-state index in [2.05, 4.69) is 6.58 Å². The minimum absolute atomic E-state index is 0.102. The molecule has 22 heavy (non-hydrogen) atoms. The molecule has 0 aromatic carbocycles. The molecule has 6 heteroatoms. The molecule has 0 saturated carbocycles. The molecule has 0 N–H and O–H groups in total. The third-order valence-corrected chi connectivity index (χ3v) is 3.15. The van der Waals surface area contributed by atoms with Crippen molar-refractivity contribution < 1.29 is 28.5 Å². The van der Waals surface area contributed by atoms with E-state index < -0.39 is 29.5 Å². The van der Waals surface area contributed by atoms with Crippen LogP contribution in [0.15, 0.2) is 12.7 Å². The summed E-state index contributed by atoms with van der Waals surface area (Å²) < 4.78 is 27.5. The zero-order chi connectivity index (χ0) is 17.0. The summed E-state index contributed by atoms with van der Waals surface area (Å²) in [6, 6.07) is 0. The lowest BCUT2D eigenvalue weighted by molar-refractivity contribution is -0.168. The molecule has 6 nitrogen and oxygen atoms in total. The van der Waals surface area contributed by atoms with Crippen molar-refractivity contribution >= 4 is 5.97 Å². The lowest BCUT2D eigenvalue weighted by Crippen LogP contribution is -2.40. The fourth-order valence-corrected chi connectivity index (χ4v) is 2.09. The first-order valence-corrected chi connectivity index (χ1v) is 7.36. The van der Waals surface area contributed by atoms with Gasteiger partial charge >= 0.3 is 5.97 Å². The Bertz CT molecular complexity index is 385. The monoisotopic (exact) mass is 316 g/mol. The van der Waals surface area contributed by atoms with E-state index in [1.54, 1.807) is 34.0 Å². The molecule has 1 saturated heterocycles. The van der Waals surface area contributed by atoms with Gasteiger partial charge in [-0.25, -0.2) is 0 Å². The Hall–Kier alpha value is -0.950. The van der Waals surface area contributed by atoms with E-state index in [0.29, 0.717) is 0 Å². The second-order valence-electron chi connectivity index (χ2n) is 6.76. The molecule has 1 aliphatic rings. The molecule has 0 bridgehead atoms. The van der Waals surface area contributed by atoms with E-state index in [9.17, 15) is 4.79 Å². The standard InChI is InChI=1S/C16H28O6/c1-8-11(20-10-18-7)13-12(21-16(5,6)22-13)9-19-14(17)15(2,3)4/h8,11-13H,1,9-10H2,2-7H3/t11-,12+,13-/m1/s1. The maximum atomic E-state index is 11.9. The SMILES string of the molecule is C=C[C@@H](OCOC)[C@H]1OC(C)(C)O[C@H]1COC(=O)C(C)(C)C. The van der Waals surface area contributed by atoms with Gasteiger partial charge in [-0.05, 0) is 34.6 Å². The number of esters is 1. The van der Waals surface area contributed by atoms with Crippen LogP contribution in [-0.4, -0.2) is 50.6 Å². The van der Waals surface area contributed by atoms with Crippen LogP contribution < -0.4 is 0 Å². The van der Waals surface area contributed by atoms with Gasteiger partial charge in [-0.15, -0.1) is 6.58 Å². The number of rotatable bonds is 7. The van der Waals surface area contributed by atoms with Crippen LogP contribution in [0.5, 0.6) is 0 Å². The summed E-state index contributed by atoms with van der Waals surface area (Å²) in [5.41, 5.74) is -0.561. The van der Waals surface area contributed by atoms with Crippen LogP contribution in [0.2, 0.25) is 0 Å². The summed E-state index contributed by atoms with van der Waals surface area (Å²) in [5, 5.41) is 0. The molecular weight excluding hydrogens is 288 g/mol. The summed E-state index contributed by atoms with van der Waals surface area (Å²) >= 11 is 0. The van der Waals surface area contributed by atoms with Crippen LogP contribution in [0, 0.1) is 5.41 Å². The highest BCUT2D eigenvalue weighted by Crippen LogP contribution is 2.32. The zero-order valence-corrected chi connectivity index (χ0v) is 14.4. The molecule has 1 fully saturated rings. The Labute approximate surface area is 132 Å². The quantitative estimate of drug-likeness (QED) is 0.408. The third kappa shape index (κ3) is 5.35. The summed E-state index contributed by atoms with van der Waals surface area (Å²) in [4.78, 5) is 11.9. The maximum Gasteiger partial charge on any atom is 0.311 e. The van der Waals surface area contributed by atoms with E-state index in [-0.39, 0.29) is 19.4 Å². The molecule has 0 spiro atoms. The highest BCUT2D eigenvalue weighted by atomic mass is 16.8. The first kappa shape index (κ1) is 19.1. The Morgan fingerprint density at radius 1 is 1.36 bits per heavy atom. The highest BCUT2D eigenvalue weighted by molar-refractivity contribution is 5.75. The van der Waals surface area contributed by atoms with Gasteiger partial charge in [0.2, 0.25) is 0 Å². The number of methoxy groups -OCH3 is 1. The fourth-order valence-electron chi connectivity index (χ4n) is 2.09. The van der Waals surface area contributed by atoms with E-state index in [1.165, 1.54) is 0 Å². The smallest absolute Gasteiger partial charge is 0.311 e. The summed E-state index contributed by atoms with van der Waals surface area (Å²) in [5.74, 6) is -1.06. The van der Waals surface area contributed by atoms with Gasteiger partial charge in [0, 0.05) is 7.11 Å². The van der Waals surface area contributed by atoms with E-state index >= 15 is 0 Å². The first-order valence-electron chi connectivity index (χ1n) is 7.36. The van der Waals surface area contributed by atoms with Crippen LogP contribution in [0.1, 0.15) is 34.6 Å². The third-order valence-electron chi connectivity index (χ3n) is 3.15. The number of ether oxygens (including phenoxy) is 5. The van der Waals surface area contributed by atoms with Gasteiger partial charge in [0.05, 0.1) is 5.41 Å². The molecule has 128 valence electrons. The van der Waals surface area contributed by atoms with Crippen molar-refractivity contribution in [3.63, 3.8) is 0 Å². The molecule has 1 aliphatic heterocycles. The van der Waals surface area contributed by atoms with Gasteiger partial charge in [-0.1, -0.05) is 6.08 Å². The predicted molar refractivity (Wildman–Crippen MR) is 81.2 cm³/mol. The lowest BCUT2D eigenvalue weighted by Gasteiger charge is -2.25. The van der Waals surface area contributed by atoms with Crippen molar-refractivity contribution in [2.24, 2.45) is 5.41 Å². The molecular formula is C16H28O6. The van der Waals surface area contributed by atoms with Gasteiger partial charge in [-0.2, -0.15) is 0 Å². The molecule has 0 unspecified atom stereocenters. The average molecular weight is 316 g/mol. The van der Waals surface area contributed by atoms with Crippen molar-refractivity contribution in [2.45, 2.75) is 58.7 Å². The second kappa shape index (κ2) is 7.55. The largest absolute Gasteiger partial charge is 0.462 e. The number of hydrogen-bond acceptors (Lipinski definition) is 6. The highest BCUT2D eigenvalue weighted by Gasteiger charge is 2.45. The molecule has 0 aromatic heterocycles. The second-order valence-corrected chi connectivity index (χ2v) is 6.76. The van der Waals surface area contributed by atoms with Gasteiger partial charge in [-0.3, -0.25) is 4.79 Å². The molecule has 1 heterocycles. The van der Waals surface area contributed by atoms with Crippen LogP contribution in [-0.2, 0) is 28.5 Å². The summed E-state index contributed by atoms with van der Waals surface area (Å²) in [6.45, 7) is 13.0. The summed E-state index contributed by atoms with van der Waals surface area (Å²) in [7, 11) is 1.54. The van der Waals surface area contributed by atoms with Crippen molar-refractivity contribution in [1.82, 2.24) is 0 Å². The average Bonchev–Trinajstić information content (AvgIpc) is 2.71. The normalized spacial score (nSPS) is 25.7. The van der Waals surface area contributed by atoms with Gasteiger partial charge in [0.1, 0.15) is 31.7 Å². The van der Waals surface area contributed by atoms with Crippen LogP contribution in [0.25, 0.3) is 0 Å². The maximum absolute atomic E-state index is 11.9. The van der Waals surface area contributed by atoms with Crippen LogP contribution in [0.4, 0.5) is 0 Å². The molecule has 0 radical (unpaired) electrons. The molecule has 0 aliphatic carbocycles. The van der Waals surface area contributed by atoms with Crippen LogP contribution in [0.3, 0.4) is 0 Å². The van der Waals surface area contributed by atoms with Gasteiger partial charge in [0.15, 0.2) is 5.79 Å². The number of carbonyl (C=O) groups excluding carboxylic acids is 1. The molecule has 0 amide bonds. The minimum atomic E-state index is -0.777. The van der Waals surface area contributed by atoms with Gasteiger partial charge < -0.3 is 23.7 Å². The lowest BCUT2D eigenvalue weighted by atomic mass is 9.97. The Kier molecular flexibility index (Phi) is 6.55.